The fourth-order valence-electron chi connectivity index (χ4n) is 2.64. The maximum absolute atomic E-state index is 11.2. The molecule has 0 heterocycles. The highest BCUT2D eigenvalue weighted by Gasteiger charge is 2.19. The van der Waals surface area contributed by atoms with Crippen LogP contribution in [0.15, 0.2) is 47.6 Å². The van der Waals surface area contributed by atoms with Crippen LogP contribution in [0.3, 0.4) is 0 Å². The average molecular weight is 365 g/mol. The molecule has 4 heteroatoms. The van der Waals surface area contributed by atoms with Gasteiger partial charge < -0.3 is 14.9 Å². The van der Waals surface area contributed by atoms with Crippen molar-refractivity contribution in [3.05, 3.63) is 47.6 Å². The molecule has 0 amide bonds. The van der Waals surface area contributed by atoms with E-state index in [-0.39, 0.29) is 18.5 Å². The number of hydrogen-bond acceptors (Lipinski definition) is 4. The Hall–Kier alpha value is -1.65. The summed E-state index contributed by atoms with van der Waals surface area (Å²) in [5.41, 5.74) is 2.29. The first-order valence-corrected chi connectivity index (χ1v) is 9.14. The van der Waals surface area contributed by atoms with E-state index >= 15 is 0 Å². The fraction of sp³-hybridized carbons (Fsp3) is 0.591. The quantitative estimate of drug-likeness (QED) is 0.414. The second-order valence-corrected chi connectivity index (χ2v) is 7.53. The van der Waals surface area contributed by atoms with Crippen LogP contribution in [0.1, 0.15) is 67.2 Å². The van der Waals surface area contributed by atoms with Crippen molar-refractivity contribution in [2.45, 2.75) is 85.0 Å². The van der Waals surface area contributed by atoms with Crippen LogP contribution in [-0.2, 0) is 9.53 Å². The predicted octanol–water partition coefficient (Wildman–Crippen LogP) is 4.64. The number of allylic oxidation sites excluding steroid dienone is 3. The predicted molar refractivity (Wildman–Crippen MR) is 108 cm³/mol. The van der Waals surface area contributed by atoms with Crippen molar-refractivity contribution in [2.75, 3.05) is 0 Å². The van der Waals surface area contributed by atoms with E-state index < -0.39 is 11.7 Å². The zero-order valence-electron chi connectivity index (χ0n) is 17.2. The minimum absolute atomic E-state index is 0.228. The first kappa shape index (κ1) is 24.4. The zero-order valence-corrected chi connectivity index (χ0v) is 17.2. The van der Waals surface area contributed by atoms with Crippen molar-refractivity contribution in [1.29, 1.82) is 0 Å². The fourth-order valence-corrected chi connectivity index (χ4v) is 2.64. The molecule has 3 atom stereocenters. The molecule has 0 radical (unpaired) electrons. The molecular weight excluding hydrogens is 328 g/mol. The molecule has 4 nitrogen and oxygen atoms in total. The molecule has 0 aliphatic carbocycles. The van der Waals surface area contributed by atoms with Crippen LogP contribution in [-0.4, -0.2) is 34.0 Å². The van der Waals surface area contributed by atoms with Crippen molar-refractivity contribution in [3.8, 4) is 0 Å². The monoisotopic (exact) mass is 364 g/mol. The van der Waals surface area contributed by atoms with Crippen molar-refractivity contribution in [2.24, 2.45) is 0 Å². The van der Waals surface area contributed by atoms with E-state index in [1.54, 1.807) is 13.0 Å². The van der Waals surface area contributed by atoms with Gasteiger partial charge in [-0.2, -0.15) is 0 Å². The molecule has 0 saturated heterocycles. The molecule has 0 unspecified atom stereocenters. The molecule has 2 N–H and O–H groups in total. The summed E-state index contributed by atoms with van der Waals surface area (Å²) in [6, 6.07) is 0. The minimum Gasteiger partial charge on any atom is -0.458 e. The highest BCUT2D eigenvalue weighted by atomic mass is 16.5. The number of carbonyl (C=O) groups is 1. The Morgan fingerprint density at radius 3 is 2.27 bits per heavy atom. The Morgan fingerprint density at radius 2 is 1.77 bits per heavy atom. The lowest BCUT2D eigenvalue weighted by Gasteiger charge is -2.20. The van der Waals surface area contributed by atoms with Gasteiger partial charge in [-0.3, -0.25) is 4.79 Å². The summed E-state index contributed by atoms with van der Waals surface area (Å²) in [5.74, 6) is -0.275. The summed E-state index contributed by atoms with van der Waals surface area (Å²) in [4.78, 5) is 11.2. The van der Waals surface area contributed by atoms with Gasteiger partial charge in [-0.15, -0.1) is 6.58 Å². The Bertz CT molecular complexity index is 548. The van der Waals surface area contributed by atoms with Crippen molar-refractivity contribution < 1.29 is 19.7 Å². The summed E-state index contributed by atoms with van der Waals surface area (Å²) in [6.45, 7) is 14.6. The van der Waals surface area contributed by atoms with Crippen molar-refractivity contribution >= 4 is 5.97 Å². The average Bonchev–Trinajstić information content (AvgIpc) is 2.44. The van der Waals surface area contributed by atoms with E-state index in [2.05, 4.69) is 12.7 Å². The molecule has 0 spiro atoms. The Balaban J connectivity index is 4.60. The molecule has 0 fully saturated rings. The van der Waals surface area contributed by atoms with Crippen LogP contribution < -0.4 is 0 Å². The van der Waals surface area contributed by atoms with Gasteiger partial charge in [-0.25, -0.2) is 0 Å². The van der Waals surface area contributed by atoms with E-state index in [1.165, 1.54) is 13.0 Å². The highest BCUT2D eigenvalue weighted by Crippen LogP contribution is 2.17. The van der Waals surface area contributed by atoms with Gasteiger partial charge in [0.05, 0.1) is 11.7 Å². The number of ether oxygens (including phenoxy) is 1. The van der Waals surface area contributed by atoms with Crippen LogP contribution in [0.5, 0.6) is 0 Å². The van der Waals surface area contributed by atoms with Crippen molar-refractivity contribution in [3.63, 3.8) is 0 Å². The third-order valence-electron chi connectivity index (χ3n) is 3.93. The highest BCUT2D eigenvalue weighted by molar-refractivity contribution is 5.66. The molecule has 0 aromatic heterocycles. The largest absolute Gasteiger partial charge is 0.458 e. The van der Waals surface area contributed by atoms with Gasteiger partial charge in [0, 0.05) is 19.8 Å². The minimum atomic E-state index is -1.07. The lowest BCUT2D eigenvalue weighted by molar-refractivity contribution is -0.144. The van der Waals surface area contributed by atoms with Crippen LogP contribution in [0.2, 0.25) is 0 Å². The maximum atomic E-state index is 11.2. The van der Waals surface area contributed by atoms with E-state index in [0.717, 1.165) is 29.6 Å². The molecule has 0 aliphatic heterocycles. The van der Waals surface area contributed by atoms with Crippen LogP contribution in [0.4, 0.5) is 0 Å². The van der Waals surface area contributed by atoms with Gasteiger partial charge in [0.25, 0.3) is 0 Å². The number of hydrogen-bond donors (Lipinski definition) is 2. The SMILES string of the molecule is C=C[C@@](C)(O)C[C@@H](O)/C=C(\C)CC/C=C(\C)C[C@@H](C=C(C)C)OC(C)=O. The Morgan fingerprint density at radius 1 is 1.15 bits per heavy atom. The molecule has 0 bridgehead atoms. The topological polar surface area (TPSA) is 66.8 Å². The first-order chi connectivity index (χ1) is 11.9. The third kappa shape index (κ3) is 12.7. The number of aliphatic hydroxyl groups is 2. The molecule has 0 saturated carbocycles. The van der Waals surface area contributed by atoms with Gasteiger partial charge in [-0.1, -0.05) is 34.9 Å². The molecule has 26 heavy (non-hydrogen) atoms. The molecule has 0 aliphatic rings. The number of aliphatic hydroxyl groups excluding tert-OH is 1. The smallest absolute Gasteiger partial charge is 0.303 e. The zero-order chi connectivity index (χ0) is 20.3. The van der Waals surface area contributed by atoms with E-state index in [1.807, 2.05) is 33.8 Å². The molecule has 0 rings (SSSR count). The Kier molecular flexibility index (Phi) is 11.1. The second kappa shape index (κ2) is 11.9. The lowest BCUT2D eigenvalue weighted by Crippen LogP contribution is -2.26. The maximum Gasteiger partial charge on any atom is 0.303 e. The molecular formula is C22H36O4. The third-order valence-corrected chi connectivity index (χ3v) is 3.93. The summed E-state index contributed by atoms with van der Waals surface area (Å²) in [7, 11) is 0. The van der Waals surface area contributed by atoms with Crippen LogP contribution >= 0.6 is 0 Å². The van der Waals surface area contributed by atoms with Crippen LogP contribution in [0, 0.1) is 0 Å². The van der Waals surface area contributed by atoms with Gasteiger partial charge in [-0.05, 0) is 53.5 Å². The normalized spacial score (nSPS) is 17.1. The number of rotatable bonds is 11. The van der Waals surface area contributed by atoms with Gasteiger partial charge in [0.1, 0.15) is 6.10 Å². The molecule has 0 aromatic rings. The van der Waals surface area contributed by atoms with E-state index in [0.29, 0.717) is 6.42 Å². The van der Waals surface area contributed by atoms with Crippen molar-refractivity contribution in [1.82, 2.24) is 0 Å². The van der Waals surface area contributed by atoms with Gasteiger partial charge in [0.2, 0.25) is 0 Å². The Labute approximate surface area is 159 Å². The molecule has 148 valence electrons. The van der Waals surface area contributed by atoms with E-state index in [9.17, 15) is 15.0 Å². The number of esters is 1. The number of carbonyl (C=O) groups excluding carboxylic acids is 1. The summed E-state index contributed by atoms with van der Waals surface area (Å²) in [6.07, 6.45) is 8.99. The second-order valence-electron chi connectivity index (χ2n) is 7.53. The van der Waals surface area contributed by atoms with Gasteiger partial charge >= 0.3 is 5.97 Å². The first-order valence-electron chi connectivity index (χ1n) is 9.14. The summed E-state index contributed by atoms with van der Waals surface area (Å²) in [5, 5.41) is 19.9. The van der Waals surface area contributed by atoms with E-state index in [4.69, 9.17) is 4.74 Å². The lowest BCUT2D eigenvalue weighted by atomic mass is 9.97. The van der Waals surface area contributed by atoms with Crippen LogP contribution in [0.25, 0.3) is 0 Å². The molecule has 0 aromatic carbocycles. The summed E-state index contributed by atoms with van der Waals surface area (Å²) < 4.78 is 5.34. The summed E-state index contributed by atoms with van der Waals surface area (Å²) >= 11 is 0. The standard InChI is InChI=1S/C22H36O4/c1-8-22(7,25)15-20(24)13-17(4)10-9-11-18(5)14-21(12-16(2)3)26-19(6)23/h8,11-13,20-21,24-25H,1,9-10,14-15H2,2-7H3/b17-13+,18-11+/t20-,21+,22+/m0/s1. The van der Waals surface area contributed by atoms with Gasteiger partial charge in [0.15, 0.2) is 0 Å².